The molecule has 0 saturated heterocycles. The molecule has 0 aromatic carbocycles. The van der Waals surface area contributed by atoms with E-state index in [0.717, 1.165) is 32.4 Å². The van der Waals surface area contributed by atoms with Gasteiger partial charge in [0, 0.05) is 13.1 Å². The molecule has 0 aromatic heterocycles. The molecule has 0 aliphatic heterocycles. The van der Waals surface area contributed by atoms with Crippen molar-refractivity contribution < 1.29 is 9.53 Å². The molecule has 0 spiro atoms. The lowest BCUT2D eigenvalue weighted by molar-refractivity contribution is 0.0989. The summed E-state index contributed by atoms with van der Waals surface area (Å²) >= 11 is 0. The van der Waals surface area contributed by atoms with Crippen molar-refractivity contribution in [2.24, 2.45) is 0 Å². The summed E-state index contributed by atoms with van der Waals surface area (Å²) in [6.45, 7) is 9.14. The van der Waals surface area contributed by atoms with E-state index in [9.17, 15) is 4.79 Å². The normalized spacial score (nSPS) is 11.2. The number of unbranched alkanes of at least 4 members (excludes halogenated alkanes) is 22. The van der Waals surface area contributed by atoms with Crippen molar-refractivity contribution in [2.75, 3.05) is 19.7 Å². The zero-order valence-electron chi connectivity index (χ0n) is 24.6. The van der Waals surface area contributed by atoms with Gasteiger partial charge in [-0.25, -0.2) is 4.79 Å². The van der Waals surface area contributed by atoms with Crippen LogP contribution in [0.1, 0.15) is 181 Å². The summed E-state index contributed by atoms with van der Waals surface area (Å²) in [6.07, 6.45) is 32.6. The van der Waals surface area contributed by atoms with E-state index in [4.69, 9.17) is 4.74 Å². The molecular formula is C32H65NO2. The molecule has 0 aliphatic carbocycles. The molecule has 0 fully saturated rings. The summed E-state index contributed by atoms with van der Waals surface area (Å²) in [5, 5.41) is 0. The van der Waals surface area contributed by atoms with Crippen LogP contribution in [-0.4, -0.2) is 30.7 Å². The van der Waals surface area contributed by atoms with Crippen molar-refractivity contribution in [1.82, 2.24) is 4.90 Å². The molecular weight excluding hydrogens is 430 g/mol. The maximum Gasteiger partial charge on any atom is 0.409 e. The van der Waals surface area contributed by atoms with E-state index in [2.05, 4.69) is 20.8 Å². The third-order valence-corrected chi connectivity index (χ3v) is 7.29. The topological polar surface area (TPSA) is 29.5 Å². The summed E-state index contributed by atoms with van der Waals surface area (Å²) in [5.74, 6) is 0. The van der Waals surface area contributed by atoms with Crippen LogP contribution >= 0.6 is 0 Å². The smallest absolute Gasteiger partial charge is 0.409 e. The van der Waals surface area contributed by atoms with Crippen LogP contribution in [0.15, 0.2) is 0 Å². The van der Waals surface area contributed by atoms with Gasteiger partial charge in [-0.3, -0.25) is 0 Å². The minimum atomic E-state index is -0.0626. The average Bonchev–Trinajstić information content (AvgIpc) is 2.86. The molecule has 0 heterocycles. The first-order valence-electron chi connectivity index (χ1n) is 16.2. The molecule has 0 aliphatic rings. The summed E-state index contributed by atoms with van der Waals surface area (Å²) < 4.78 is 5.66. The zero-order valence-corrected chi connectivity index (χ0v) is 24.6. The summed E-state index contributed by atoms with van der Waals surface area (Å²) in [6, 6.07) is 0. The van der Waals surface area contributed by atoms with Crippen molar-refractivity contribution in [3.05, 3.63) is 0 Å². The molecule has 0 aromatic rings. The Bertz CT molecular complexity index is 388. The van der Waals surface area contributed by atoms with Crippen LogP contribution in [0.25, 0.3) is 0 Å². The number of carbonyl (C=O) groups is 1. The SMILES string of the molecule is CCCCCCCCCCCCN(CCCCCCCCCCCC)C(=O)OCCCCCCC. The van der Waals surface area contributed by atoms with Gasteiger partial charge in [0.25, 0.3) is 0 Å². The molecule has 0 rings (SSSR count). The Morgan fingerprint density at radius 1 is 0.429 bits per heavy atom. The van der Waals surface area contributed by atoms with Crippen molar-refractivity contribution >= 4 is 6.09 Å². The van der Waals surface area contributed by atoms with Gasteiger partial charge >= 0.3 is 6.09 Å². The third-order valence-electron chi connectivity index (χ3n) is 7.29. The van der Waals surface area contributed by atoms with E-state index in [0.29, 0.717) is 6.61 Å². The Morgan fingerprint density at radius 2 is 0.714 bits per heavy atom. The lowest BCUT2D eigenvalue weighted by atomic mass is 10.1. The van der Waals surface area contributed by atoms with Crippen molar-refractivity contribution in [2.45, 2.75) is 181 Å². The van der Waals surface area contributed by atoms with Crippen LogP contribution in [0.4, 0.5) is 4.79 Å². The van der Waals surface area contributed by atoms with E-state index in [-0.39, 0.29) is 6.09 Å². The lowest BCUT2D eigenvalue weighted by Gasteiger charge is -2.22. The standard InChI is InChI=1S/C32H65NO2/c1-4-7-10-13-15-17-19-21-23-26-29-33(32(34)35-31-28-25-12-9-6-3)30-27-24-22-20-18-16-14-11-8-5-2/h4-31H2,1-3H3. The quantitative estimate of drug-likeness (QED) is 0.101. The van der Waals surface area contributed by atoms with Gasteiger partial charge in [-0.05, 0) is 19.3 Å². The highest BCUT2D eigenvalue weighted by Crippen LogP contribution is 2.13. The molecule has 35 heavy (non-hydrogen) atoms. The molecule has 210 valence electrons. The second-order valence-electron chi connectivity index (χ2n) is 10.9. The maximum absolute atomic E-state index is 12.7. The predicted octanol–water partition coefficient (Wildman–Crippen LogP) is 11.2. The monoisotopic (exact) mass is 496 g/mol. The third kappa shape index (κ3) is 26.2. The number of carbonyl (C=O) groups excluding carboxylic acids is 1. The lowest BCUT2D eigenvalue weighted by Crippen LogP contribution is -2.33. The second-order valence-corrected chi connectivity index (χ2v) is 10.9. The fraction of sp³-hybridized carbons (Fsp3) is 0.969. The number of ether oxygens (including phenoxy) is 1. The van der Waals surface area contributed by atoms with Crippen LogP contribution in [0.2, 0.25) is 0 Å². The number of nitrogens with zero attached hydrogens (tertiary/aromatic N) is 1. The predicted molar refractivity (Wildman–Crippen MR) is 155 cm³/mol. The van der Waals surface area contributed by atoms with Crippen LogP contribution in [0, 0.1) is 0 Å². The van der Waals surface area contributed by atoms with E-state index < -0.39 is 0 Å². The molecule has 1 amide bonds. The van der Waals surface area contributed by atoms with E-state index in [1.807, 2.05) is 4.90 Å². The number of hydrogen-bond donors (Lipinski definition) is 0. The Hall–Kier alpha value is -0.730. The highest BCUT2D eigenvalue weighted by molar-refractivity contribution is 5.67. The van der Waals surface area contributed by atoms with Crippen molar-refractivity contribution in [3.63, 3.8) is 0 Å². The first-order valence-corrected chi connectivity index (χ1v) is 16.2. The van der Waals surface area contributed by atoms with Gasteiger partial charge < -0.3 is 9.64 Å². The minimum absolute atomic E-state index is 0.0626. The van der Waals surface area contributed by atoms with Crippen molar-refractivity contribution in [3.8, 4) is 0 Å². The van der Waals surface area contributed by atoms with Gasteiger partial charge in [0.2, 0.25) is 0 Å². The van der Waals surface area contributed by atoms with Gasteiger partial charge in [0.05, 0.1) is 6.61 Å². The number of amides is 1. The average molecular weight is 496 g/mol. The zero-order chi connectivity index (χ0) is 25.7. The highest BCUT2D eigenvalue weighted by Gasteiger charge is 2.14. The van der Waals surface area contributed by atoms with Crippen LogP contribution < -0.4 is 0 Å². The van der Waals surface area contributed by atoms with E-state index >= 15 is 0 Å². The highest BCUT2D eigenvalue weighted by atomic mass is 16.6. The van der Waals surface area contributed by atoms with Gasteiger partial charge in [0.15, 0.2) is 0 Å². The maximum atomic E-state index is 12.7. The first kappa shape index (κ1) is 34.3. The molecule has 0 N–H and O–H groups in total. The molecule has 3 heteroatoms. The van der Waals surface area contributed by atoms with Crippen molar-refractivity contribution in [1.29, 1.82) is 0 Å². The van der Waals surface area contributed by atoms with Crippen LogP contribution in [0.3, 0.4) is 0 Å². The first-order chi connectivity index (χ1) is 17.3. The Balaban J connectivity index is 4.01. The summed E-state index contributed by atoms with van der Waals surface area (Å²) in [4.78, 5) is 14.7. The number of hydrogen-bond acceptors (Lipinski definition) is 2. The molecule has 3 nitrogen and oxygen atoms in total. The second kappa shape index (κ2) is 29.5. The largest absolute Gasteiger partial charge is 0.449 e. The van der Waals surface area contributed by atoms with E-state index in [1.165, 1.54) is 141 Å². The summed E-state index contributed by atoms with van der Waals surface area (Å²) in [7, 11) is 0. The Kier molecular flexibility index (Phi) is 28.9. The molecule has 0 saturated carbocycles. The van der Waals surface area contributed by atoms with Crippen LogP contribution in [-0.2, 0) is 4.74 Å². The van der Waals surface area contributed by atoms with Gasteiger partial charge in [-0.1, -0.05) is 162 Å². The molecule has 0 unspecified atom stereocenters. The van der Waals surface area contributed by atoms with Crippen LogP contribution in [0.5, 0.6) is 0 Å². The fourth-order valence-corrected chi connectivity index (χ4v) is 4.83. The van der Waals surface area contributed by atoms with Gasteiger partial charge in [-0.15, -0.1) is 0 Å². The minimum Gasteiger partial charge on any atom is -0.449 e. The van der Waals surface area contributed by atoms with Gasteiger partial charge in [-0.2, -0.15) is 0 Å². The molecule has 0 radical (unpaired) electrons. The van der Waals surface area contributed by atoms with E-state index in [1.54, 1.807) is 0 Å². The van der Waals surface area contributed by atoms with Gasteiger partial charge in [0.1, 0.15) is 0 Å². The Labute approximate surface area is 221 Å². The Morgan fingerprint density at radius 3 is 1.06 bits per heavy atom. The molecule has 0 atom stereocenters. The summed E-state index contributed by atoms with van der Waals surface area (Å²) in [5.41, 5.74) is 0. The number of rotatable bonds is 28. The fourth-order valence-electron chi connectivity index (χ4n) is 4.83. The molecule has 0 bridgehead atoms.